The molecule has 0 amide bonds. The zero-order valence-corrected chi connectivity index (χ0v) is 37.0. The van der Waals surface area contributed by atoms with Crippen LogP contribution >= 0.6 is 0 Å². The van der Waals surface area contributed by atoms with Gasteiger partial charge in [0, 0.05) is 60.3 Å². The highest BCUT2D eigenvalue weighted by Crippen LogP contribution is 2.43. The second-order valence-corrected chi connectivity index (χ2v) is 17.6. The summed E-state index contributed by atoms with van der Waals surface area (Å²) in [5.74, 6) is 1.78. The van der Waals surface area contributed by atoms with Crippen LogP contribution in [-0.4, -0.2) is 19.5 Å². The van der Waals surface area contributed by atoms with E-state index in [0.717, 1.165) is 99.5 Å². The molecule has 0 spiro atoms. The smallest absolute Gasteiger partial charge is 0.164 e. The lowest BCUT2D eigenvalue weighted by atomic mass is 9.99. The predicted octanol–water partition coefficient (Wildman–Crippen LogP) is 16.8. The van der Waals surface area contributed by atoms with Gasteiger partial charge in [-0.3, -0.25) is 0 Å². The first-order valence-corrected chi connectivity index (χ1v) is 23.2. The first kappa shape index (κ1) is 38.8. The Morgan fingerprint density at radius 1 is 0.275 bits per heavy atom. The molecule has 69 heavy (non-hydrogen) atoms. The molecule has 322 valence electrons. The monoisotopic (exact) mass is 882 g/mol. The van der Waals surface area contributed by atoms with Gasteiger partial charge in [-0.25, -0.2) is 15.0 Å². The molecule has 0 saturated carbocycles. The number of nitrogens with zero attached hydrogens (tertiary/aromatic N) is 4. The van der Waals surface area contributed by atoms with Crippen LogP contribution in [0.1, 0.15) is 0 Å². The van der Waals surface area contributed by atoms with Crippen molar-refractivity contribution in [3.8, 4) is 73.2 Å². The number of hydrogen-bond donors (Lipinski definition) is 0. The van der Waals surface area contributed by atoms with Crippen molar-refractivity contribution in [2.45, 2.75) is 0 Å². The van der Waals surface area contributed by atoms with Gasteiger partial charge in [-0.15, -0.1) is 0 Å². The SMILES string of the molecule is c1ccc(-c2ccc(-c3nc(-c4ccccc4)nc(-c4ccc5c(c4)oc4cc(-c6cc(-n7c8ccccc8c8cc(-c9ccccc9)ccc87)cc7c6oc6ccccc67)ccc45)n3)cc2)cc1. The number of para-hydroxylation sites is 2. The van der Waals surface area contributed by atoms with Gasteiger partial charge in [0.15, 0.2) is 17.5 Å². The lowest BCUT2D eigenvalue weighted by Gasteiger charge is -2.12. The van der Waals surface area contributed by atoms with Gasteiger partial charge in [-0.2, -0.15) is 0 Å². The van der Waals surface area contributed by atoms with E-state index in [1.165, 1.54) is 21.9 Å². The molecule has 0 N–H and O–H groups in total. The largest absolute Gasteiger partial charge is 0.456 e. The van der Waals surface area contributed by atoms with Crippen LogP contribution in [0.5, 0.6) is 0 Å². The van der Waals surface area contributed by atoms with Gasteiger partial charge >= 0.3 is 0 Å². The molecule has 0 aliphatic heterocycles. The predicted molar refractivity (Wildman–Crippen MR) is 281 cm³/mol. The Labute approximate surface area is 396 Å². The van der Waals surface area contributed by atoms with Crippen LogP contribution in [0.2, 0.25) is 0 Å². The molecule has 6 nitrogen and oxygen atoms in total. The molecule has 0 aliphatic carbocycles. The average molecular weight is 883 g/mol. The van der Waals surface area contributed by atoms with Gasteiger partial charge in [0.2, 0.25) is 0 Å². The molecule has 0 unspecified atom stereocenters. The van der Waals surface area contributed by atoms with E-state index < -0.39 is 0 Å². The quantitative estimate of drug-likeness (QED) is 0.159. The molecule has 0 radical (unpaired) electrons. The third-order valence-electron chi connectivity index (χ3n) is 13.5. The van der Waals surface area contributed by atoms with Crippen LogP contribution < -0.4 is 0 Å². The Bertz CT molecular complexity index is 4290. The fourth-order valence-corrected chi connectivity index (χ4v) is 10.1. The molecule has 0 atom stereocenters. The highest BCUT2D eigenvalue weighted by Gasteiger charge is 2.21. The maximum absolute atomic E-state index is 6.79. The molecule has 14 aromatic rings. The van der Waals surface area contributed by atoms with Gasteiger partial charge in [-0.1, -0.05) is 170 Å². The van der Waals surface area contributed by atoms with Crippen LogP contribution in [0.4, 0.5) is 0 Å². The maximum Gasteiger partial charge on any atom is 0.164 e. The van der Waals surface area contributed by atoms with E-state index in [1.807, 2.05) is 54.6 Å². The summed E-state index contributed by atoms with van der Waals surface area (Å²) in [6.45, 7) is 0. The van der Waals surface area contributed by atoms with E-state index in [2.05, 4.69) is 180 Å². The Morgan fingerprint density at radius 3 is 1.46 bits per heavy atom. The summed E-state index contributed by atoms with van der Waals surface area (Å²) in [4.78, 5) is 15.1. The first-order valence-electron chi connectivity index (χ1n) is 23.2. The number of benzene rings is 10. The number of furan rings is 2. The third-order valence-corrected chi connectivity index (χ3v) is 13.5. The number of fused-ring (bicyclic) bond motifs is 9. The normalized spacial score (nSPS) is 11.8. The average Bonchev–Trinajstić information content (AvgIpc) is 4.10. The molecular weight excluding hydrogens is 845 g/mol. The summed E-state index contributed by atoms with van der Waals surface area (Å²) >= 11 is 0. The molecule has 0 bridgehead atoms. The van der Waals surface area contributed by atoms with E-state index in [9.17, 15) is 0 Å². The van der Waals surface area contributed by atoms with Crippen LogP contribution in [0.15, 0.2) is 239 Å². The second-order valence-electron chi connectivity index (χ2n) is 17.6. The molecule has 6 heteroatoms. The second kappa shape index (κ2) is 15.6. The molecule has 10 aromatic carbocycles. The van der Waals surface area contributed by atoms with E-state index >= 15 is 0 Å². The van der Waals surface area contributed by atoms with Crippen LogP contribution in [0.25, 0.3) is 139 Å². The van der Waals surface area contributed by atoms with Crippen LogP contribution in [-0.2, 0) is 0 Å². The molecular formula is C63H38N4O2. The van der Waals surface area contributed by atoms with Crippen molar-refractivity contribution in [2.75, 3.05) is 0 Å². The summed E-state index contributed by atoms with van der Waals surface area (Å²) in [6, 6.07) is 80.5. The minimum absolute atomic E-state index is 0.569. The molecule has 4 aromatic heterocycles. The van der Waals surface area contributed by atoms with Crippen molar-refractivity contribution < 1.29 is 8.83 Å². The fourth-order valence-electron chi connectivity index (χ4n) is 10.1. The number of hydrogen-bond acceptors (Lipinski definition) is 5. The molecule has 0 saturated heterocycles. The fraction of sp³-hybridized carbons (Fsp3) is 0. The Kier molecular flexibility index (Phi) is 8.79. The van der Waals surface area contributed by atoms with Crippen LogP contribution in [0, 0.1) is 0 Å². The Morgan fingerprint density at radius 2 is 0.754 bits per heavy atom. The standard InChI is InChI=1S/C63H38N4O2/c1-4-14-39(15-5-1)41-24-26-43(27-25-41)62-64-61(42-18-8-3-9-19-42)65-63(66-62)46-29-32-51-50-31-28-45(35-58(50)68-59(51)36-46)52-37-47(38-54-49-21-11-13-23-57(49)69-60(52)54)67-55-22-12-10-20-48(55)53-34-44(30-33-56(53)67)40-16-6-2-7-17-40/h1-38H. The summed E-state index contributed by atoms with van der Waals surface area (Å²) in [7, 11) is 0. The van der Waals surface area contributed by atoms with Gasteiger partial charge < -0.3 is 13.4 Å². The third kappa shape index (κ3) is 6.53. The minimum atomic E-state index is 0.569. The summed E-state index contributed by atoms with van der Waals surface area (Å²) in [5, 5.41) is 6.56. The van der Waals surface area contributed by atoms with Gasteiger partial charge in [0.05, 0.1) is 11.0 Å². The molecule has 0 aliphatic rings. The number of rotatable bonds is 7. The highest BCUT2D eigenvalue weighted by atomic mass is 16.3. The van der Waals surface area contributed by atoms with Crippen LogP contribution in [0.3, 0.4) is 0 Å². The van der Waals surface area contributed by atoms with E-state index in [0.29, 0.717) is 17.5 Å². The van der Waals surface area contributed by atoms with Gasteiger partial charge in [-0.05, 0) is 88.5 Å². The molecule has 4 heterocycles. The van der Waals surface area contributed by atoms with E-state index in [4.69, 9.17) is 23.8 Å². The zero-order chi connectivity index (χ0) is 45.4. The van der Waals surface area contributed by atoms with Crippen molar-refractivity contribution >= 4 is 65.7 Å². The van der Waals surface area contributed by atoms with Crippen molar-refractivity contribution in [1.82, 2.24) is 19.5 Å². The first-order chi connectivity index (χ1) is 34.2. The number of aromatic nitrogens is 4. The minimum Gasteiger partial charge on any atom is -0.456 e. The topological polar surface area (TPSA) is 69.9 Å². The summed E-state index contributed by atoms with van der Waals surface area (Å²) < 4.78 is 15.9. The van der Waals surface area contributed by atoms with Crippen molar-refractivity contribution in [3.05, 3.63) is 231 Å². The highest BCUT2D eigenvalue weighted by molar-refractivity contribution is 6.14. The lowest BCUT2D eigenvalue weighted by molar-refractivity contribution is 0.668. The van der Waals surface area contributed by atoms with E-state index in [1.54, 1.807) is 0 Å². The zero-order valence-electron chi connectivity index (χ0n) is 37.0. The van der Waals surface area contributed by atoms with Crippen molar-refractivity contribution in [3.63, 3.8) is 0 Å². The lowest BCUT2D eigenvalue weighted by Crippen LogP contribution is -2.00. The van der Waals surface area contributed by atoms with Gasteiger partial charge in [0.25, 0.3) is 0 Å². The Balaban J connectivity index is 0.899. The van der Waals surface area contributed by atoms with Gasteiger partial charge in [0.1, 0.15) is 22.3 Å². The summed E-state index contributed by atoms with van der Waals surface area (Å²) in [6.07, 6.45) is 0. The van der Waals surface area contributed by atoms with E-state index in [-0.39, 0.29) is 0 Å². The molecule has 14 rings (SSSR count). The maximum atomic E-state index is 6.79. The Hall–Kier alpha value is -9.39. The van der Waals surface area contributed by atoms with Crippen molar-refractivity contribution in [2.24, 2.45) is 0 Å². The summed E-state index contributed by atoms with van der Waals surface area (Å²) in [5.41, 5.74) is 15.8. The van der Waals surface area contributed by atoms with Crippen molar-refractivity contribution in [1.29, 1.82) is 0 Å². The molecule has 0 fully saturated rings.